The highest BCUT2D eigenvalue weighted by atomic mass is 19.1. The molecule has 2 rings (SSSR count). The van der Waals surface area contributed by atoms with Crippen molar-refractivity contribution < 1.29 is 23.8 Å². The molecule has 4 nitrogen and oxygen atoms in total. The second-order valence-electron chi connectivity index (χ2n) is 6.91. The smallest absolute Gasteiger partial charge is 0.193 e. The molecule has 0 saturated carbocycles. The molecule has 0 radical (unpaired) electrons. The van der Waals surface area contributed by atoms with Crippen molar-refractivity contribution in [2.75, 3.05) is 7.11 Å². The fourth-order valence-electron chi connectivity index (χ4n) is 3.79. The summed E-state index contributed by atoms with van der Waals surface area (Å²) in [6.07, 6.45) is 4.11. The Morgan fingerprint density at radius 1 is 1.25 bits per heavy atom. The third kappa shape index (κ3) is 3.53. The van der Waals surface area contributed by atoms with Gasteiger partial charge in [0, 0.05) is 5.57 Å². The highest BCUT2D eigenvalue weighted by molar-refractivity contribution is 6.28. The summed E-state index contributed by atoms with van der Waals surface area (Å²) in [5.74, 6) is -1.19. The number of ether oxygens (including phenoxy) is 1. The molecule has 0 unspecified atom stereocenters. The average molecular weight is 386 g/mol. The van der Waals surface area contributed by atoms with Crippen LogP contribution in [0.25, 0.3) is 6.08 Å². The minimum atomic E-state index is -0.961. The molecule has 0 aliphatic heterocycles. The number of aryl methyl sites for hydroxylation is 1. The van der Waals surface area contributed by atoms with Crippen molar-refractivity contribution in [2.24, 2.45) is 5.41 Å². The maximum absolute atomic E-state index is 13.4. The lowest BCUT2D eigenvalue weighted by Gasteiger charge is -2.37. The predicted octanol–water partition coefficient (Wildman–Crippen LogP) is 5.23. The van der Waals surface area contributed by atoms with Crippen molar-refractivity contribution in [1.82, 2.24) is 0 Å². The summed E-state index contributed by atoms with van der Waals surface area (Å²) in [7, 11) is 1.48. The molecule has 1 N–H and O–H groups in total. The average Bonchev–Trinajstić information content (AvgIpc) is 2.68. The van der Waals surface area contributed by atoms with Gasteiger partial charge in [0.1, 0.15) is 22.9 Å². The predicted molar refractivity (Wildman–Crippen MR) is 107 cm³/mol. The topological polar surface area (TPSA) is 63.6 Å². The van der Waals surface area contributed by atoms with Crippen LogP contribution in [0.3, 0.4) is 0 Å². The van der Waals surface area contributed by atoms with Crippen LogP contribution in [-0.2, 0) is 14.3 Å². The van der Waals surface area contributed by atoms with Gasteiger partial charge in [-0.25, -0.2) is 4.39 Å². The Hall–Kier alpha value is -2.69. The lowest BCUT2D eigenvalue weighted by atomic mass is 9.68. The van der Waals surface area contributed by atoms with Crippen LogP contribution in [0.15, 0.2) is 46.9 Å². The molecule has 1 aliphatic rings. The number of halogens is 1. The minimum Gasteiger partial charge on any atom is -0.507 e. The number of carbonyl (C=O) groups excluding carboxylic acids is 2. The van der Waals surface area contributed by atoms with Gasteiger partial charge in [-0.15, -0.1) is 0 Å². The molecule has 1 aromatic rings. The van der Waals surface area contributed by atoms with Crippen LogP contribution in [0.2, 0.25) is 0 Å². The van der Waals surface area contributed by atoms with Gasteiger partial charge in [0.05, 0.1) is 12.5 Å². The van der Waals surface area contributed by atoms with E-state index in [-0.39, 0.29) is 17.1 Å². The van der Waals surface area contributed by atoms with Gasteiger partial charge in [-0.1, -0.05) is 32.9 Å². The molecule has 0 aromatic heterocycles. The van der Waals surface area contributed by atoms with Crippen LogP contribution in [-0.4, -0.2) is 23.8 Å². The number of rotatable bonds is 7. The van der Waals surface area contributed by atoms with E-state index < -0.39 is 17.0 Å². The molecule has 0 heterocycles. The van der Waals surface area contributed by atoms with E-state index in [1.165, 1.54) is 25.3 Å². The first kappa shape index (κ1) is 21.6. The van der Waals surface area contributed by atoms with Crippen LogP contribution in [0.5, 0.6) is 0 Å². The van der Waals surface area contributed by atoms with Crippen molar-refractivity contribution >= 4 is 17.6 Å². The van der Waals surface area contributed by atoms with E-state index in [0.29, 0.717) is 41.7 Å². The van der Waals surface area contributed by atoms with Gasteiger partial charge in [-0.2, -0.15) is 0 Å². The molecule has 1 aromatic carbocycles. The molecule has 0 amide bonds. The zero-order chi connectivity index (χ0) is 21.1. The first-order valence-electron chi connectivity index (χ1n) is 9.51. The Bertz CT molecular complexity index is 886. The maximum atomic E-state index is 13.4. The molecule has 0 fully saturated rings. The molecular formula is C23H27FO4. The summed E-state index contributed by atoms with van der Waals surface area (Å²) in [5.41, 5.74) is 0.410. The summed E-state index contributed by atoms with van der Waals surface area (Å²) >= 11 is 0. The van der Waals surface area contributed by atoms with Gasteiger partial charge >= 0.3 is 0 Å². The largest absolute Gasteiger partial charge is 0.507 e. The number of methoxy groups -OCH3 is 1. The van der Waals surface area contributed by atoms with Crippen LogP contribution >= 0.6 is 0 Å². The molecule has 1 aliphatic carbocycles. The van der Waals surface area contributed by atoms with Gasteiger partial charge in [0.15, 0.2) is 11.6 Å². The summed E-state index contributed by atoms with van der Waals surface area (Å²) in [6, 6.07) is 4.48. The van der Waals surface area contributed by atoms with Gasteiger partial charge in [0.2, 0.25) is 0 Å². The van der Waals surface area contributed by atoms with E-state index >= 15 is 0 Å². The molecule has 0 atom stereocenters. The van der Waals surface area contributed by atoms with Crippen molar-refractivity contribution in [3.05, 3.63) is 63.9 Å². The van der Waals surface area contributed by atoms with E-state index in [1.54, 1.807) is 19.1 Å². The van der Waals surface area contributed by atoms with Crippen LogP contribution in [0.1, 0.15) is 51.2 Å². The number of benzene rings is 1. The highest BCUT2D eigenvalue weighted by Crippen LogP contribution is 2.46. The standard InChI is InChI=1S/C23H27FO4/c1-6-16-20(26)19(21(27)23(7-2,8-3)22(16)28-5)18(25)12-10-15-9-11-17(24)14(4)13-15/h9-13,26H,6-8H2,1-5H3/b12-10+. The Morgan fingerprint density at radius 2 is 1.89 bits per heavy atom. The SMILES string of the molecule is CCC1=C(OC)C(CC)(CC)C(=O)C(C(=O)/C=C/c2ccc(F)c(C)c2)=C1O. The summed E-state index contributed by atoms with van der Waals surface area (Å²) in [4.78, 5) is 26.1. The lowest BCUT2D eigenvalue weighted by Crippen LogP contribution is -2.40. The van der Waals surface area contributed by atoms with E-state index in [4.69, 9.17) is 4.74 Å². The second-order valence-corrected chi connectivity index (χ2v) is 6.91. The van der Waals surface area contributed by atoms with Gasteiger partial charge in [0.25, 0.3) is 0 Å². The Balaban J connectivity index is 2.53. The highest BCUT2D eigenvalue weighted by Gasteiger charge is 2.49. The maximum Gasteiger partial charge on any atom is 0.193 e. The third-order valence-electron chi connectivity index (χ3n) is 5.51. The van der Waals surface area contributed by atoms with Crippen LogP contribution < -0.4 is 0 Å². The number of allylic oxidation sites excluding steroid dienone is 4. The third-order valence-corrected chi connectivity index (χ3v) is 5.51. The van der Waals surface area contributed by atoms with Crippen molar-refractivity contribution in [1.29, 1.82) is 0 Å². The number of hydrogen-bond donors (Lipinski definition) is 1. The fraction of sp³-hybridized carbons (Fsp3) is 0.391. The monoisotopic (exact) mass is 386 g/mol. The van der Waals surface area contributed by atoms with E-state index in [2.05, 4.69) is 0 Å². The number of carbonyl (C=O) groups is 2. The molecule has 150 valence electrons. The van der Waals surface area contributed by atoms with Crippen molar-refractivity contribution in [3.63, 3.8) is 0 Å². The summed E-state index contributed by atoms with van der Waals surface area (Å²) in [5, 5.41) is 10.7. The molecular weight excluding hydrogens is 359 g/mol. The Morgan fingerprint density at radius 3 is 2.39 bits per heavy atom. The van der Waals surface area contributed by atoms with Crippen LogP contribution in [0.4, 0.5) is 4.39 Å². The Labute approximate surface area is 165 Å². The molecule has 28 heavy (non-hydrogen) atoms. The first-order valence-corrected chi connectivity index (χ1v) is 9.51. The van der Waals surface area contributed by atoms with E-state index in [1.807, 2.05) is 20.8 Å². The molecule has 0 bridgehead atoms. The first-order chi connectivity index (χ1) is 13.3. The number of aliphatic hydroxyl groups is 1. The van der Waals surface area contributed by atoms with Crippen molar-refractivity contribution in [2.45, 2.75) is 47.0 Å². The van der Waals surface area contributed by atoms with Gasteiger partial charge < -0.3 is 9.84 Å². The fourth-order valence-corrected chi connectivity index (χ4v) is 3.79. The molecule has 0 spiro atoms. The number of Topliss-reactive ketones (excluding diaryl/α,β-unsaturated/α-hetero) is 1. The Kier molecular flexibility index (Phi) is 6.60. The van der Waals surface area contributed by atoms with Crippen molar-refractivity contribution in [3.8, 4) is 0 Å². The lowest BCUT2D eigenvalue weighted by molar-refractivity contribution is -0.128. The summed E-state index contributed by atoms with van der Waals surface area (Å²) in [6.45, 7) is 7.22. The number of hydrogen-bond acceptors (Lipinski definition) is 4. The minimum absolute atomic E-state index is 0.212. The summed E-state index contributed by atoms with van der Waals surface area (Å²) < 4.78 is 18.9. The normalized spacial score (nSPS) is 16.9. The number of aliphatic hydroxyl groups excluding tert-OH is 1. The second kappa shape index (κ2) is 8.55. The number of ketones is 2. The van der Waals surface area contributed by atoms with Gasteiger partial charge in [-0.3, -0.25) is 9.59 Å². The van der Waals surface area contributed by atoms with Gasteiger partial charge in [-0.05, 0) is 55.5 Å². The van der Waals surface area contributed by atoms with E-state index in [9.17, 15) is 19.1 Å². The van der Waals surface area contributed by atoms with Crippen LogP contribution in [0, 0.1) is 18.2 Å². The van der Waals surface area contributed by atoms with E-state index in [0.717, 1.165) is 0 Å². The quantitative estimate of drug-likeness (QED) is 0.515. The zero-order valence-corrected chi connectivity index (χ0v) is 17.1. The molecule has 5 heteroatoms. The zero-order valence-electron chi connectivity index (χ0n) is 17.1. The molecule has 0 saturated heterocycles.